The monoisotopic (exact) mass is 439 g/mol. The maximum absolute atomic E-state index is 12.9. The van der Waals surface area contributed by atoms with Gasteiger partial charge in [-0.1, -0.05) is 0 Å². The molecular weight excluding hydrogens is 418 g/mol. The summed E-state index contributed by atoms with van der Waals surface area (Å²) >= 11 is 1.12. The molecule has 3 rings (SSSR count). The Morgan fingerprint density at radius 2 is 1.86 bits per heavy atom. The SMILES string of the molecule is CC1CN(S(=O)(=O)c2ccc(C(=O)Nc3nc(CC(=O)O)cs3)cc2)CC(C)O1. The van der Waals surface area contributed by atoms with E-state index in [-0.39, 0.29) is 47.3 Å². The lowest BCUT2D eigenvalue weighted by Crippen LogP contribution is -2.48. The van der Waals surface area contributed by atoms with E-state index >= 15 is 0 Å². The molecule has 0 aliphatic carbocycles. The number of nitrogens with one attached hydrogen (secondary N) is 1. The van der Waals surface area contributed by atoms with Gasteiger partial charge in [-0.3, -0.25) is 14.9 Å². The first-order valence-corrected chi connectivity index (χ1v) is 11.2. The van der Waals surface area contributed by atoms with Crippen molar-refractivity contribution >= 4 is 38.4 Å². The van der Waals surface area contributed by atoms with Gasteiger partial charge in [0.05, 0.1) is 29.2 Å². The van der Waals surface area contributed by atoms with Crippen molar-refractivity contribution in [1.29, 1.82) is 0 Å². The summed E-state index contributed by atoms with van der Waals surface area (Å²) in [4.78, 5) is 27.2. The molecular formula is C18H21N3O6S2. The Morgan fingerprint density at radius 1 is 1.24 bits per heavy atom. The van der Waals surface area contributed by atoms with Crippen LogP contribution < -0.4 is 5.32 Å². The molecule has 9 nitrogen and oxygen atoms in total. The first-order valence-electron chi connectivity index (χ1n) is 8.88. The average Bonchev–Trinajstić information content (AvgIpc) is 3.07. The Labute approximate surface area is 172 Å². The van der Waals surface area contributed by atoms with Gasteiger partial charge in [-0.2, -0.15) is 4.31 Å². The van der Waals surface area contributed by atoms with E-state index in [9.17, 15) is 18.0 Å². The van der Waals surface area contributed by atoms with E-state index in [1.165, 1.54) is 28.6 Å². The van der Waals surface area contributed by atoms with Crippen LogP contribution in [-0.2, 0) is 26.0 Å². The lowest BCUT2D eigenvalue weighted by Gasteiger charge is -2.34. The van der Waals surface area contributed by atoms with Crippen LogP contribution in [-0.4, -0.2) is 60.0 Å². The molecule has 0 bridgehead atoms. The molecule has 156 valence electrons. The van der Waals surface area contributed by atoms with E-state index in [1.807, 2.05) is 13.8 Å². The van der Waals surface area contributed by atoms with Crippen molar-refractivity contribution in [1.82, 2.24) is 9.29 Å². The van der Waals surface area contributed by atoms with Crippen LogP contribution >= 0.6 is 11.3 Å². The van der Waals surface area contributed by atoms with Crippen molar-refractivity contribution in [3.05, 3.63) is 40.9 Å². The zero-order valence-corrected chi connectivity index (χ0v) is 17.5. The van der Waals surface area contributed by atoms with E-state index in [4.69, 9.17) is 9.84 Å². The molecule has 2 atom stereocenters. The fraction of sp³-hybridized carbons (Fsp3) is 0.389. The highest BCUT2D eigenvalue weighted by Gasteiger charge is 2.32. The summed E-state index contributed by atoms with van der Waals surface area (Å²) in [5.74, 6) is -1.46. The standard InChI is InChI=1S/C18H21N3O6S2/c1-11-8-21(9-12(2)27-11)29(25,26)15-5-3-13(4-6-15)17(24)20-18-19-14(10-28-18)7-16(22)23/h3-6,10-12H,7-9H2,1-2H3,(H,22,23)(H,19,20,24). The number of hydrogen-bond acceptors (Lipinski definition) is 7. The number of benzene rings is 1. The van der Waals surface area contributed by atoms with Crippen molar-refractivity contribution in [3.63, 3.8) is 0 Å². The Kier molecular flexibility index (Phi) is 6.32. The van der Waals surface area contributed by atoms with E-state index in [0.29, 0.717) is 5.69 Å². The third-order valence-electron chi connectivity index (χ3n) is 4.24. The van der Waals surface area contributed by atoms with E-state index in [1.54, 1.807) is 5.38 Å². The third kappa shape index (κ3) is 5.18. The molecule has 1 aliphatic rings. The summed E-state index contributed by atoms with van der Waals surface area (Å²) in [6, 6.07) is 5.65. The number of sulfonamides is 1. The predicted octanol–water partition coefficient (Wildman–Crippen LogP) is 1.82. The summed E-state index contributed by atoms with van der Waals surface area (Å²) < 4.78 is 32.7. The second-order valence-corrected chi connectivity index (χ2v) is 9.57. The summed E-state index contributed by atoms with van der Waals surface area (Å²) in [5.41, 5.74) is 0.621. The molecule has 0 spiro atoms. The number of thiazole rings is 1. The van der Waals surface area contributed by atoms with Crippen LogP contribution in [0.4, 0.5) is 5.13 Å². The van der Waals surface area contributed by atoms with Gasteiger partial charge in [-0.05, 0) is 38.1 Å². The average molecular weight is 440 g/mol. The van der Waals surface area contributed by atoms with Gasteiger partial charge in [0.25, 0.3) is 5.91 Å². The number of ether oxygens (including phenoxy) is 1. The topological polar surface area (TPSA) is 126 Å². The zero-order chi connectivity index (χ0) is 21.2. The number of carboxylic acid groups (broad SMARTS) is 1. The molecule has 2 N–H and O–H groups in total. The van der Waals surface area contributed by atoms with Gasteiger partial charge in [0, 0.05) is 24.0 Å². The zero-order valence-electron chi connectivity index (χ0n) is 15.9. The number of carbonyl (C=O) groups excluding carboxylic acids is 1. The van der Waals surface area contributed by atoms with Gasteiger partial charge in [0.1, 0.15) is 0 Å². The molecule has 0 saturated carbocycles. The van der Waals surface area contributed by atoms with Crippen LogP contribution in [0.25, 0.3) is 0 Å². The number of aromatic nitrogens is 1. The normalized spacial score (nSPS) is 20.3. The van der Waals surface area contributed by atoms with Crippen LogP contribution in [0.5, 0.6) is 0 Å². The van der Waals surface area contributed by atoms with E-state index in [0.717, 1.165) is 11.3 Å². The Bertz CT molecular complexity index is 993. The fourth-order valence-corrected chi connectivity index (χ4v) is 5.32. The third-order valence-corrected chi connectivity index (χ3v) is 6.90. The number of aliphatic carboxylic acids is 1. The van der Waals surface area contributed by atoms with Crippen molar-refractivity contribution in [3.8, 4) is 0 Å². The molecule has 2 heterocycles. The molecule has 29 heavy (non-hydrogen) atoms. The van der Waals surface area contributed by atoms with E-state index in [2.05, 4.69) is 10.3 Å². The number of anilines is 1. The lowest BCUT2D eigenvalue weighted by molar-refractivity contribution is -0.136. The van der Waals surface area contributed by atoms with Crippen molar-refractivity contribution in [2.45, 2.75) is 37.4 Å². The molecule has 2 unspecified atom stereocenters. The number of morpholine rings is 1. The summed E-state index contributed by atoms with van der Waals surface area (Å²) in [6.07, 6.45) is -0.608. The van der Waals surface area contributed by atoms with Gasteiger partial charge in [0.15, 0.2) is 5.13 Å². The van der Waals surface area contributed by atoms with Crippen LogP contribution in [0.1, 0.15) is 29.9 Å². The van der Waals surface area contributed by atoms with Gasteiger partial charge in [0.2, 0.25) is 10.0 Å². The number of nitrogens with zero attached hydrogens (tertiary/aromatic N) is 2. The van der Waals surface area contributed by atoms with Crippen LogP contribution in [0.2, 0.25) is 0 Å². The molecule has 0 radical (unpaired) electrons. The molecule has 1 aromatic carbocycles. The lowest BCUT2D eigenvalue weighted by atomic mass is 10.2. The second kappa shape index (κ2) is 8.57. The maximum Gasteiger partial charge on any atom is 0.309 e. The molecule has 1 fully saturated rings. The number of amides is 1. The van der Waals surface area contributed by atoms with Crippen molar-refractivity contribution in [2.75, 3.05) is 18.4 Å². The van der Waals surface area contributed by atoms with Gasteiger partial charge in [-0.25, -0.2) is 13.4 Å². The van der Waals surface area contributed by atoms with Crippen molar-refractivity contribution in [2.24, 2.45) is 0 Å². The maximum atomic E-state index is 12.9. The number of hydrogen-bond donors (Lipinski definition) is 2. The molecule has 11 heteroatoms. The van der Waals surface area contributed by atoms with Crippen LogP contribution in [0, 0.1) is 0 Å². The van der Waals surface area contributed by atoms with Crippen molar-refractivity contribution < 1.29 is 27.9 Å². The van der Waals surface area contributed by atoms with Gasteiger partial charge in [-0.15, -0.1) is 11.3 Å². The van der Waals surface area contributed by atoms with Crippen LogP contribution in [0.15, 0.2) is 34.5 Å². The highest BCUT2D eigenvalue weighted by molar-refractivity contribution is 7.89. The number of carboxylic acids is 1. The Balaban J connectivity index is 1.70. The van der Waals surface area contributed by atoms with E-state index < -0.39 is 21.9 Å². The largest absolute Gasteiger partial charge is 0.481 e. The molecule has 1 aliphatic heterocycles. The molecule has 1 amide bonds. The minimum Gasteiger partial charge on any atom is -0.481 e. The fourth-order valence-electron chi connectivity index (χ4n) is 3.02. The minimum atomic E-state index is -3.68. The molecule has 1 saturated heterocycles. The second-order valence-electron chi connectivity index (χ2n) is 6.77. The minimum absolute atomic E-state index is 0.105. The quantitative estimate of drug-likeness (QED) is 0.703. The summed E-state index contributed by atoms with van der Waals surface area (Å²) in [6.45, 7) is 4.20. The highest BCUT2D eigenvalue weighted by Crippen LogP contribution is 2.22. The van der Waals surface area contributed by atoms with Gasteiger partial charge < -0.3 is 9.84 Å². The highest BCUT2D eigenvalue weighted by atomic mass is 32.2. The molecule has 1 aromatic heterocycles. The van der Waals surface area contributed by atoms with Crippen LogP contribution in [0.3, 0.4) is 0 Å². The Morgan fingerprint density at radius 3 is 2.45 bits per heavy atom. The smallest absolute Gasteiger partial charge is 0.309 e. The number of carbonyl (C=O) groups is 2. The van der Waals surface area contributed by atoms with Gasteiger partial charge >= 0.3 is 5.97 Å². The predicted molar refractivity (Wildman–Crippen MR) is 107 cm³/mol. The first kappa shape index (κ1) is 21.4. The molecule has 2 aromatic rings. The number of rotatable bonds is 6. The summed E-state index contributed by atoms with van der Waals surface area (Å²) in [7, 11) is -3.68. The first-order chi connectivity index (χ1) is 13.6. The summed E-state index contributed by atoms with van der Waals surface area (Å²) in [5, 5.41) is 13.2. The Hall–Kier alpha value is -2.34.